The summed E-state index contributed by atoms with van der Waals surface area (Å²) in [7, 11) is -2.65. The van der Waals surface area contributed by atoms with Gasteiger partial charge < -0.3 is 10.2 Å². The average molecular weight is 580 g/mol. The van der Waals surface area contributed by atoms with Gasteiger partial charge in [0.1, 0.15) is 10.6 Å². The molecule has 4 aromatic rings. The van der Waals surface area contributed by atoms with Crippen LogP contribution < -0.4 is 20.5 Å². The Kier molecular flexibility index (Phi) is 7.73. The third kappa shape index (κ3) is 5.50. The molecule has 0 atom stereocenters. The molecule has 0 bridgehead atoms. The lowest BCUT2D eigenvalue weighted by molar-refractivity contribution is 0.102. The van der Waals surface area contributed by atoms with Gasteiger partial charge in [-0.05, 0) is 80.8 Å². The molecule has 2 N–H and O–H groups in total. The number of benzene rings is 3. The third-order valence-electron chi connectivity index (χ3n) is 7.12. The maximum absolute atomic E-state index is 13.4. The minimum Gasteiger partial charge on any atom is -0.372 e. The number of anilines is 3. The highest BCUT2D eigenvalue weighted by Crippen LogP contribution is 2.27. The minimum atomic E-state index is -4.32. The van der Waals surface area contributed by atoms with Gasteiger partial charge in [-0.1, -0.05) is 29.8 Å². The van der Waals surface area contributed by atoms with Crippen molar-refractivity contribution in [3.8, 4) is 5.69 Å². The lowest BCUT2D eigenvalue weighted by Gasteiger charge is -2.28. The summed E-state index contributed by atoms with van der Waals surface area (Å²) in [4.78, 5) is 28.3. The lowest BCUT2D eigenvalue weighted by Crippen LogP contribution is -2.29. The summed E-state index contributed by atoms with van der Waals surface area (Å²) in [6.45, 7) is 3.68. The van der Waals surface area contributed by atoms with E-state index in [9.17, 15) is 18.0 Å². The number of sulfonamides is 1. The number of piperidine rings is 1. The molecule has 11 heteroatoms. The van der Waals surface area contributed by atoms with Gasteiger partial charge >= 0.3 is 0 Å². The SMILES string of the molecule is Cc1c(NS(=O)(=O)c2cc(C(=O)Nc3ccc(N4CCCCC4)cc3)ccc2Cl)c(=O)n(-c2ccccc2)n1C. The number of nitrogens with zero attached hydrogens (tertiary/aromatic N) is 3. The first-order valence-corrected chi connectivity index (χ1v) is 14.8. The molecule has 1 aliphatic heterocycles. The van der Waals surface area contributed by atoms with Crippen LogP contribution in [0, 0.1) is 6.92 Å². The molecule has 0 unspecified atom stereocenters. The first-order chi connectivity index (χ1) is 19.2. The summed E-state index contributed by atoms with van der Waals surface area (Å²) in [5.74, 6) is -0.485. The fourth-order valence-corrected chi connectivity index (χ4v) is 6.48. The number of para-hydroxylation sites is 1. The van der Waals surface area contributed by atoms with Crippen LogP contribution in [0.15, 0.2) is 82.5 Å². The van der Waals surface area contributed by atoms with Crippen LogP contribution in [-0.4, -0.2) is 36.8 Å². The Labute approximate surface area is 238 Å². The Morgan fingerprint density at radius 1 is 0.900 bits per heavy atom. The van der Waals surface area contributed by atoms with Crippen molar-refractivity contribution in [1.29, 1.82) is 0 Å². The first kappa shape index (κ1) is 27.5. The Morgan fingerprint density at radius 3 is 2.25 bits per heavy atom. The highest BCUT2D eigenvalue weighted by Gasteiger charge is 2.25. The maximum Gasteiger partial charge on any atom is 0.296 e. The molecule has 40 heavy (non-hydrogen) atoms. The van der Waals surface area contributed by atoms with Crippen LogP contribution in [0.25, 0.3) is 5.69 Å². The second-order valence-electron chi connectivity index (χ2n) is 9.74. The molecular formula is C29H30ClN5O4S. The molecule has 1 fully saturated rings. The van der Waals surface area contributed by atoms with Crippen molar-refractivity contribution in [3.63, 3.8) is 0 Å². The van der Waals surface area contributed by atoms with Crippen LogP contribution in [0.1, 0.15) is 35.3 Å². The topological polar surface area (TPSA) is 105 Å². The van der Waals surface area contributed by atoms with Gasteiger partial charge in [0.2, 0.25) is 0 Å². The molecule has 0 aliphatic carbocycles. The molecule has 0 radical (unpaired) electrons. The highest BCUT2D eigenvalue weighted by molar-refractivity contribution is 7.92. The smallest absolute Gasteiger partial charge is 0.296 e. The predicted octanol–water partition coefficient (Wildman–Crippen LogP) is 5.18. The Balaban J connectivity index is 1.38. The number of hydrogen-bond donors (Lipinski definition) is 2. The molecule has 2 heterocycles. The standard InChI is InChI=1S/C29H30ClN5O4S/c1-20-27(29(37)35(33(20)2)24-9-5-3-6-10-24)32-40(38,39)26-19-21(11-16-25(26)30)28(36)31-22-12-14-23(15-13-22)34-17-7-4-8-18-34/h3,5-6,9-16,19,32H,4,7-8,17-18H2,1-2H3,(H,31,36). The number of nitrogens with one attached hydrogen (secondary N) is 2. The normalized spacial score (nSPS) is 13.7. The van der Waals surface area contributed by atoms with Gasteiger partial charge in [0.05, 0.1) is 16.4 Å². The molecule has 0 saturated carbocycles. The van der Waals surface area contributed by atoms with E-state index in [4.69, 9.17) is 11.6 Å². The van der Waals surface area contributed by atoms with E-state index in [0.29, 0.717) is 17.1 Å². The number of rotatable bonds is 7. The summed E-state index contributed by atoms with van der Waals surface area (Å²) in [6.07, 6.45) is 3.58. The minimum absolute atomic E-state index is 0.0769. The van der Waals surface area contributed by atoms with Gasteiger partial charge in [-0.3, -0.25) is 19.0 Å². The Morgan fingerprint density at radius 2 is 1.57 bits per heavy atom. The molecule has 1 saturated heterocycles. The molecule has 5 rings (SSSR count). The first-order valence-electron chi connectivity index (χ1n) is 13.0. The van der Waals surface area contributed by atoms with Crippen molar-refractivity contribution >= 4 is 44.6 Å². The fraction of sp³-hybridized carbons (Fsp3) is 0.241. The number of amides is 1. The summed E-state index contributed by atoms with van der Waals surface area (Å²) in [6, 6.07) is 20.5. The predicted molar refractivity (Wildman–Crippen MR) is 158 cm³/mol. The molecule has 1 amide bonds. The van der Waals surface area contributed by atoms with Gasteiger partial charge in [-0.2, -0.15) is 0 Å². The van der Waals surface area contributed by atoms with Crippen molar-refractivity contribution < 1.29 is 13.2 Å². The van der Waals surface area contributed by atoms with E-state index in [0.717, 1.165) is 18.8 Å². The van der Waals surface area contributed by atoms with Crippen molar-refractivity contribution in [2.75, 3.05) is 28.0 Å². The van der Waals surface area contributed by atoms with Crippen molar-refractivity contribution in [1.82, 2.24) is 9.36 Å². The molecule has 1 aliphatic rings. The molecule has 3 aromatic carbocycles. The molecule has 0 spiro atoms. The van der Waals surface area contributed by atoms with Gasteiger partial charge in [0.15, 0.2) is 0 Å². The fourth-order valence-electron chi connectivity index (χ4n) is 4.84. The Bertz CT molecular complexity index is 1710. The number of halogens is 1. The van der Waals surface area contributed by atoms with E-state index in [1.165, 1.54) is 42.1 Å². The zero-order valence-electron chi connectivity index (χ0n) is 22.2. The van der Waals surface area contributed by atoms with E-state index in [-0.39, 0.29) is 21.2 Å². The monoisotopic (exact) mass is 579 g/mol. The molecule has 9 nitrogen and oxygen atoms in total. The largest absolute Gasteiger partial charge is 0.372 e. The number of carbonyl (C=O) groups is 1. The number of hydrogen-bond acceptors (Lipinski definition) is 5. The molecule has 208 valence electrons. The van der Waals surface area contributed by atoms with Gasteiger partial charge in [0, 0.05) is 37.1 Å². The molecular weight excluding hydrogens is 550 g/mol. The third-order valence-corrected chi connectivity index (χ3v) is 8.95. The van der Waals surface area contributed by atoms with Crippen molar-refractivity contribution in [2.45, 2.75) is 31.1 Å². The van der Waals surface area contributed by atoms with Crippen LogP contribution in [0.2, 0.25) is 5.02 Å². The number of carbonyl (C=O) groups excluding carboxylic acids is 1. The van der Waals surface area contributed by atoms with Crippen LogP contribution in [0.3, 0.4) is 0 Å². The second kappa shape index (κ2) is 11.2. The van der Waals surface area contributed by atoms with Gasteiger partial charge in [0.25, 0.3) is 21.5 Å². The van der Waals surface area contributed by atoms with E-state index < -0.39 is 21.5 Å². The Hall–Kier alpha value is -4.02. The zero-order chi connectivity index (χ0) is 28.4. The van der Waals surface area contributed by atoms with Gasteiger partial charge in [-0.15, -0.1) is 0 Å². The maximum atomic E-state index is 13.4. The van der Waals surface area contributed by atoms with Crippen LogP contribution in [0.5, 0.6) is 0 Å². The van der Waals surface area contributed by atoms with Gasteiger partial charge in [-0.25, -0.2) is 13.1 Å². The average Bonchev–Trinajstić information content (AvgIpc) is 3.17. The summed E-state index contributed by atoms with van der Waals surface area (Å²) in [5.41, 5.74) is 2.16. The second-order valence-corrected chi connectivity index (χ2v) is 11.8. The summed E-state index contributed by atoms with van der Waals surface area (Å²) >= 11 is 6.27. The highest BCUT2D eigenvalue weighted by atomic mass is 35.5. The van der Waals surface area contributed by atoms with E-state index >= 15 is 0 Å². The summed E-state index contributed by atoms with van der Waals surface area (Å²) < 4.78 is 32.2. The number of aromatic nitrogens is 2. The summed E-state index contributed by atoms with van der Waals surface area (Å²) in [5, 5.41) is 2.73. The van der Waals surface area contributed by atoms with Crippen LogP contribution >= 0.6 is 11.6 Å². The van der Waals surface area contributed by atoms with Crippen LogP contribution in [-0.2, 0) is 17.1 Å². The quantitative estimate of drug-likeness (QED) is 0.314. The lowest BCUT2D eigenvalue weighted by atomic mass is 10.1. The van der Waals surface area contributed by atoms with Crippen LogP contribution in [0.4, 0.5) is 17.1 Å². The van der Waals surface area contributed by atoms with E-state index in [1.54, 1.807) is 42.9 Å². The molecule has 1 aromatic heterocycles. The van der Waals surface area contributed by atoms with Crippen molar-refractivity contribution in [2.24, 2.45) is 7.05 Å². The van der Waals surface area contributed by atoms with Crippen molar-refractivity contribution in [3.05, 3.63) is 99.4 Å². The zero-order valence-corrected chi connectivity index (χ0v) is 23.8. The van der Waals surface area contributed by atoms with E-state index in [1.807, 2.05) is 30.3 Å². The van der Waals surface area contributed by atoms with E-state index in [2.05, 4.69) is 14.9 Å².